The molecule has 5 nitrogen and oxygen atoms in total. The van der Waals surface area contributed by atoms with Gasteiger partial charge in [-0.2, -0.15) is 0 Å². The average Bonchev–Trinajstić information content (AvgIpc) is 2.06. The van der Waals surface area contributed by atoms with Gasteiger partial charge >= 0.3 is 0 Å². The van der Waals surface area contributed by atoms with Crippen LogP contribution in [0.1, 0.15) is 0 Å². The van der Waals surface area contributed by atoms with E-state index in [9.17, 15) is 4.79 Å². The monoisotopic (exact) mass is 153 g/mol. The van der Waals surface area contributed by atoms with Crippen LogP contribution in [0, 0.1) is 0 Å². The SMILES string of the molecule is O=C(CO)Nc1ccncn1. The Morgan fingerprint density at radius 2 is 2.55 bits per heavy atom. The predicted octanol–water partition coefficient (Wildman–Crippen LogP) is -0.593. The molecule has 0 aliphatic rings. The molecule has 58 valence electrons. The zero-order valence-electron chi connectivity index (χ0n) is 5.69. The molecule has 0 aliphatic heterocycles. The van der Waals surface area contributed by atoms with Gasteiger partial charge in [-0.25, -0.2) is 9.97 Å². The van der Waals surface area contributed by atoms with Crippen LogP contribution in [0.25, 0.3) is 0 Å². The highest BCUT2D eigenvalue weighted by Gasteiger charge is 1.98. The van der Waals surface area contributed by atoms with Crippen LogP contribution in [0.5, 0.6) is 0 Å². The largest absolute Gasteiger partial charge is 0.387 e. The average molecular weight is 153 g/mol. The second-order valence-corrected chi connectivity index (χ2v) is 1.80. The number of hydrogen-bond acceptors (Lipinski definition) is 4. The van der Waals surface area contributed by atoms with Crippen molar-refractivity contribution < 1.29 is 9.90 Å². The van der Waals surface area contributed by atoms with E-state index in [0.29, 0.717) is 5.82 Å². The molecule has 0 saturated carbocycles. The van der Waals surface area contributed by atoms with Crippen molar-refractivity contribution in [2.24, 2.45) is 0 Å². The lowest BCUT2D eigenvalue weighted by molar-refractivity contribution is -0.118. The third kappa shape index (κ3) is 2.30. The summed E-state index contributed by atoms with van der Waals surface area (Å²) in [5.41, 5.74) is 0. The van der Waals surface area contributed by atoms with E-state index >= 15 is 0 Å². The first-order valence-electron chi connectivity index (χ1n) is 2.99. The summed E-state index contributed by atoms with van der Waals surface area (Å²) in [4.78, 5) is 17.9. The quantitative estimate of drug-likeness (QED) is 0.595. The van der Waals surface area contributed by atoms with Crippen LogP contribution in [0.4, 0.5) is 5.82 Å². The van der Waals surface area contributed by atoms with Crippen LogP contribution < -0.4 is 5.32 Å². The van der Waals surface area contributed by atoms with Crippen LogP contribution >= 0.6 is 0 Å². The molecule has 0 bridgehead atoms. The maximum absolute atomic E-state index is 10.6. The molecule has 11 heavy (non-hydrogen) atoms. The summed E-state index contributed by atoms with van der Waals surface area (Å²) in [5.74, 6) is -0.0947. The molecule has 2 N–H and O–H groups in total. The Morgan fingerprint density at radius 1 is 1.73 bits per heavy atom. The van der Waals surface area contributed by atoms with Gasteiger partial charge in [0, 0.05) is 6.20 Å². The lowest BCUT2D eigenvalue weighted by atomic mass is 10.5. The van der Waals surface area contributed by atoms with Gasteiger partial charge in [-0.3, -0.25) is 4.79 Å². The number of anilines is 1. The first-order valence-corrected chi connectivity index (χ1v) is 2.99. The molecule has 1 rings (SSSR count). The Labute approximate surface area is 63.1 Å². The van der Waals surface area contributed by atoms with Crippen LogP contribution in [0.3, 0.4) is 0 Å². The second kappa shape index (κ2) is 3.62. The van der Waals surface area contributed by atoms with Crippen LogP contribution in [0.15, 0.2) is 18.6 Å². The van der Waals surface area contributed by atoms with Gasteiger partial charge in [-0.1, -0.05) is 0 Å². The Kier molecular flexibility index (Phi) is 2.51. The molecule has 1 aromatic rings. The number of aromatic nitrogens is 2. The van der Waals surface area contributed by atoms with E-state index in [1.807, 2.05) is 0 Å². The lowest BCUT2D eigenvalue weighted by Gasteiger charge is -1.98. The number of rotatable bonds is 2. The number of aliphatic hydroxyl groups is 1. The van der Waals surface area contributed by atoms with Gasteiger partial charge in [0.2, 0.25) is 0 Å². The maximum Gasteiger partial charge on any atom is 0.251 e. The lowest BCUT2D eigenvalue weighted by Crippen LogP contribution is -2.16. The van der Waals surface area contributed by atoms with Crippen molar-refractivity contribution in [3.63, 3.8) is 0 Å². The van der Waals surface area contributed by atoms with E-state index in [-0.39, 0.29) is 0 Å². The zero-order valence-corrected chi connectivity index (χ0v) is 5.69. The predicted molar refractivity (Wildman–Crippen MR) is 37.7 cm³/mol. The minimum atomic E-state index is -0.538. The highest BCUT2D eigenvalue weighted by molar-refractivity contribution is 5.90. The molecular weight excluding hydrogens is 146 g/mol. The van der Waals surface area contributed by atoms with E-state index in [1.165, 1.54) is 18.6 Å². The topological polar surface area (TPSA) is 75.1 Å². The van der Waals surface area contributed by atoms with Gasteiger partial charge in [0.25, 0.3) is 5.91 Å². The van der Waals surface area contributed by atoms with Crippen molar-refractivity contribution >= 4 is 11.7 Å². The summed E-state index contributed by atoms with van der Waals surface area (Å²) in [6.07, 6.45) is 2.81. The molecule has 0 aliphatic carbocycles. The number of aliphatic hydroxyl groups excluding tert-OH is 1. The Hall–Kier alpha value is -1.49. The third-order valence-electron chi connectivity index (χ3n) is 0.993. The van der Waals surface area contributed by atoms with Crippen LogP contribution in [0.2, 0.25) is 0 Å². The minimum Gasteiger partial charge on any atom is -0.387 e. The molecule has 1 heterocycles. The fraction of sp³-hybridized carbons (Fsp3) is 0.167. The molecule has 0 saturated heterocycles. The summed E-state index contributed by atoms with van der Waals surface area (Å²) >= 11 is 0. The van der Waals surface area contributed by atoms with Gasteiger partial charge in [-0.15, -0.1) is 0 Å². The summed E-state index contributed by atoms with van der Waals surface area (Å²) in [6.45, 7) is -0.538. The summed E-state index contributed by atoms with van der Waals surface area (Å²) in [7, 11) is 0. The maximum atomic E-state index is 10.6. The summed E-state index contributed by atoms with van der Waals surface area (Å²) in [6, 6.07) is 1.54. The molecular formula is C6H7N3O2. The van der Waals surface area contributed by atoms with Crippen molar-refractivity contribution in [1.82, 2.24) is 9.97 Å². The van der Waals surface area contributed by atoms with Crippen molar-refractivity contribution in [1.29, 1.82) is 0 Å². The summed E-state index contributed by atoms with van der Waals surface area (Å²) < 4.78 is 0. The van der Waals surface area contributed by atoms with Crippen LogP contribution in [-0.4, -0.2) is 27.6 Å². The van der Waals surface area contributed by atoms with E-state index in [0.717, 1.165) is 0 Å². The van der Waals surface area contributed by atoms with E-state index in [2.05, 4.69) is 15.3 Å². The van der Waals surface area contributed by atoms with E-state index in [1.54, 1.807) is 0 Å². The van der Waals surface area contributed by atoms with E-state index < -0.39 is 12.5 Å². The number of nitrogens with zero attached hydrogens (tertiary/aromatic N) is 2. The fourth-order valence-electron chi connectivity index (χ4n) is 0.547. The zero-order chi connectivity index (χ0) is 8.10. The molecule has 0 fully saturated rings. The third-order valence-corrected chi connectivity index (χ3v) is 0.993. The molecule has 1 aromatic heterocycles. The van der Waals surface area contributed by atoms with Gasteiger partial charge in [-0.05, 0) is 6.07 Å². The van der Waals surface area contributed by atoms with Crippen molar-refractivity contribution in [2.75, 3.05) is 11.9 Å². The second-order valence-electron chi connectivity index (χ2n) is 1.80. The number of amides is 1. The number of hydrogen-bond donors (Lipinski definition) is 2. The van der Waals surface area contributed by atoms with Crippen molar-refractivity contribution in [3.05, 3.63) is 18.6 Å². The Balaban J connectivity index is 2.58. The molecule has 0 radical (unpaired) electrons. The fourth-order valence-corrected chi connectivity index (χ4v) is 0.547. The molecule has 1 amide bonds. The van der Waals surface area contributed by atoms with Gasteiger partial charge in [0.05, 0.1) is 0 Å². The van der Waals surface area contributed by atoms with Gasteiger partial charge < -0.3 is 10.4 Å². The Morgan fingerprint density at radius 3 is 3.09 bits per heavy atom. The Bertz CT molecular complexity index is 237. The number of carbonyl (C=O) groups is 1. The number of nitrogens with one attached hydrogen (secondary N) is 1. The standard InChI is InChI=1S/C6H7N3O2/c10-3-6(11)9-5-1-2-7-4-8-5/h1-2,4,10H,3H2,(H,7,8,9,11). The van der Waals surface area contributed by atoms with E-state index in [4.69, 9.17) is 5.11 Å². The minimum absolute atomic E-state index is 0.388. The van der Waals surface area contributed by atoms with Crippen LogP contribution in [-0.2, 0) is 4.79 Å². The van der Waals surface area contributed by atoms with Gasteiger partial charge in [0.15, 0.2) is 0 Å². The first-order chi connectivity index (χ1) is 5.33. The molecule has 5 heteroatoms. The molecule has 0 spiro atoms. The first kappa shape index (κ1) is 7.62. The molecule has 0 atom stereocenters. The summed E-state index contributed by atoms with van der Waals surface area (Å²) in [5, 5.41) is 10.7. The highest BCUT2D eigenvalue weighted by Crippen LogP contribution is 1.96. The van der Waals surface area contributed by atoms with Crippen molar-refractivity contribution in [3.8, 4) is 0 Å². The highest BCUT2D eigenvalue weighted by atomic mass is 16.3. The van der Waals surface area contributed by atoms with Crippen molar-refractivity contribution in [2.45, 2.75) is 0 Å². The normalized spacial score (nSPS) is 9.18. The van der Waals surface area contributed by atoms with Gasteiger partial charge in [0.1, 0.15) is 18.8 Å². The molecule has 0 aromatic carbocycles. The molecule has 0 unspecified atom stereocenters. The smallest absolute Gasteiger partial charge is 0.251 e. The number of carbonyl (C=O) groups excluding carboxylic acids is 1.